The van der Waals surface area contributed by atoms with Crippen molar-refractivity contribution in [1.29, 1.82) is 0 Å². The van der Waals surface area contributed by atoms with Crippen LogP contribution in [0.3, 0.4) is 0 Å². The average Bonchev–Trinajstić information content (AvgIpc) is 2.45. The number of ether oxygens (including phenoxy) is 2. The van der Waals surface area contributed by atoms with E-state index >= 15 is 0 Å². The molecule has 6 nitrogen and oxygen atoms in total. The molecule has 0 saturated carbocycles. The van der Waals surface area contributed by atoms with E-state index in [1.165, 1.54) is 6.20 Å². The fourth-order valence-electron chi connectivity index (χ4n) is 1.59. The van der Waals surface area contributed by atoms with Crippen molar-refractivity contribution in [3.8, 4) is 0 Å². The van der Waals surface area contributed by atoms with Gasteiger partial charge in [-0.1, -0.05) is 13.3 Å². The molecule has 20 heavy (non-hydrogen) atoms. The summed E-state index contributed by atoms with van der Waals surface area (Å²) in [6, 6.07) is 0. The maximum Gasteiger partial charge on any atom is 0.357 e. The van der Waals surface area contributed by atoms with Gasteiger partial charge in [0.25, 0.3) is 0 Å². The van der Waals surface area contributed by atoms with Gasteiger partial charge >= 0.3 is 11.9 Å². The van der Waals surface area contributed by atoms with Crippen molar-refractivity contribution in [1.82, 2.24) is 9.97 Å². The molecule has 0 saturated heterocycles. The first-order valence-electron chi connectivity index (χ1n) is 6.84. The highest BCUT2D eigenvalue weighted by Gasteiger charge is 2.22. The molecule has 0 bridgehead atoms. The van der Waals surface area contributed by atoms with E-state index < -0.39 is 11.9 Å². The van der Waals surface area contributed by atoms with E-state index in [1.54, 1.807) is 13.8 Å². The molecule has 1 heterocycles. The predicted octanol–water partition coefficient (Wildman–Crippen LogP) is 2.17. The molecule has 0 aliphatic carbocycles. The van der Waals surface area contributed by atoms with Crippen LogP contribution in [-0.2, 0) is 15.9 Å². The predicted molar refractivity (Wildman–Crippen MR) is 72.6 cm³/mol. The van der Waals surface area contributed by atoms with Crippen molar-refractivity contribution in [3.63, 3.8) is 0 Å². The molecule has 0 amide bonds. The lowest BCUT2D eigenvalue weighted by atomic mass is 10.2. The molecule has 0 N–H and O–H groups in total. The zero-order valence-corrected chi connectivity index (χ0v) is 12.1. The van der Waals surface area contributed by atoms with E-state index in [4.69, 9.17) is 9.47 Å². The molecule has 1 aromatic heterocycles. The van der Waals surface area contributed by atoms with E-state index in [-0.39, 0.29) is 24.5 Å². The Bertz CT molecular complexity index is 474. The SMILES string of the molecule is CCCCc1ncc(C(=O)OCC)c(C(=O)OCC)n1. The number of carbonyl (C=O) groups is 2. The van der Waals surface area contributed by atoms with Gasteiger partial charge in [-0.3, -0.25) is 0 Å². The average molecular weight is 280 g/mol. The fraction of sp³-hybridized carbons (Fsp3) is 0.571. The molecular formula is C14H20N2O4. The lowest BCUT2D eigenvalue weighted by Gasteiger charge is -2.08. The van der Waals surface area contributed by atoms with Crippen LogP contribution >= 0.6 is 0 Å². The van der Waals surface area contributed by atoms with Gasteiger partial charge in [0.1, 0.15) is 11.4 Å². The Morgan fingerprint density at radius 2 is 1.75 bits per heavy atom. The Morgan fingerprint density at radius 3 is 2.35 bits per heavy atom. The summed E-state index contributed by atoms with van der Waals surface area (Å²) in [4.78, 5) is 31.9. The van der Waals surface area contributed by atoms with Crippen LogP contribution in [0.1, 0.15) is 60.3 Å². The fourth-order valence-corrected chi connectivity index (χ4v) is 1.59. The first-order chi connectivity index (χ1) is 9.63. The highest BCUT2D eigenvalue weighted by atomic mass is 16.5. The molecular weight excluding hydrogens is 260 g/mol. The van der Waals surface area contributed by atoms with Crippen molar-refractivity contribution in [3.05, 3.63) is 23.3 Å². The van der Waals surface area contributed by atoms with Crippen LogP contribution in [0.25, 0.3) is 0 Å². The second-order valence-corrected chi connectivity index (χ2v) is 4.09. The van der Waals surface area contributed by atoms with Gasteiger partial charge in [0.05, 0.1) is 13.2 Å². The minimum Gasteiger partial charge on any atom is -0.462 e. The highest BCUT2D eigenvalue weighted by Crippen LogP contribution is 2.11. The maximum atomic E-state index is 11.9. The molecule has 1 rings (SSSR count). The number of hydrogen-bond acceptors (Lipinski definition) is 6. The molecule has 0 spiro atoms. The Balaban J connectivity index is 3.09. The summed E-state index contributed by atoms with van der Waals surface area (Å²) in [5.74, 6) is -0.712. The second kappa shape index (κ2) is 8.24. The summed E-state index contributed by atoms with van der Waals surface area (Å²) < 4.78 is 9.81. The van der Waals surface area contributed by atoms with Crippen LogP contribution in [0, 0.1) is 0 Å². The summed E-state index contributed by atoms with van der Waals surface area (Å²) in [5, 5.41) is 0. The third-order valence-electron chi connectivity index (χ3n) is 2.56. The monoisotopic (exact) mass is 280 g/mol. The van der Waals surface area contributed by atoms with E-state index in [0.29, 0.717) is 12.2 Å². The van der Waals surface area contributed by atoms with Gasteiger partial charge < -0.3 is 9.47 Å². The smallest absolute Gasteiger partial charge is 0.357 e. The quantitative estimate of drug-likeness (QED) is 0.712. The van der Waals surface area contributed by atoms with Crippen LogP contribution in [0.4, 0.5) is 0 Å². The molecule has 0 aliphatic heterocycles. The Kier molecular flexibility index (Phi) is 6.63. The normalized spacial score (nSPS) is 10.2. The second-order valence-electron chi connectivity index (χ2n) is 4.09. The lowest BCUT2D eigenvalue weighted by Crippen LogP contribution is -2.18. The van der Waals surface area contributed by atoms with Gasteiger partial charge in [-0.05, 0) is 20.3 Å². The number of nitrogens with zero attached hydrogens (tertiary/aromatic N) is 2. The van der Waals surface area contributed by atoms with Crippen LogP contribution in [0.5, 0.6) is 0 Å². The Morgan fingerprint density at radius 1 is 1.10 bits per heavy atom. The molecule has 0 aromatic carbocycles. The van der Waals surface area contributed by atoms with E-state index in [2.05, 4.69) is 16.9 Å². The van der Waals surface area contributed by atoms with Crippen LogP contribution in [0.2, 0.25) is 0 Å². The van der Waals surface area contributed by atoms with Crippen molar-refractivity contribution in [2.45, 2.75) is 40.0 Å². The largest absolute Gasteiger partial charge is 0.462 e. The standard InChI is InChI=1S/C14H20N2O4/c1-4-7-8-11-15-9-10(13(17)19-5-2)12(16-11)14(18)20-6-3/h9H,4-8H2,1-3H3. The number of esters is 2. The van der Waals surface area contributed by atoms with E-state index in [9.17, 15) is 9.59 Å². The van der Waals surface area contributed by atoms with Crippen molar-refractivity contribution < 1.29 is 19.1 Å². The van der Waals surface area contributed by atoms with Gasteiger partial charge in [0.2, 0.25) is 0 Å². The van der Waals surface area contributed by atoms with Crippen molar-refractivity contribution in [2.24, 2.45) is 0 Å². The number of unbranched alkanes of at least 4 members (excludes halogenated alkanes) is 1. The van der Waals surface area contributed by atoms with Crippen molar-refractivity contribution >= 4 is 11.9 Å². The summed E-state index contributed by atoms with van der Waals surface area (Å²) in [5.41, 5.74) is 0.0250. The molecule has 110 valence electrons. The maximum absolute atomic E-state index is 11.9. The number of hydrogen-bond donors (Lipinski definition) is 0. The zero-order valence-electron chi connectivity index (χ0n) is 12.1. The minimum absolute atomic E-state index is 0.0218. The third-order valence-corrected chi connectivity index (χ3v) is 2.56. The topological polar surface area (TPSA) is 78.4 Å². The summed E-state index contributed by atoms with van der Waals surface area (Å²) in [6.45, 7) is 5.88. The summed E-state index contributed by atoms with van der Waals surface area (Å²) in [6.07, 6.45) is 3.91. The summed E-state index contributed by atoms with van der Waals surface area (Å²) >= 11 is 0. The molecule has 6 heteroatoms. The van der Waals surface area contributed by atoms with E-state index in [1.807, 2.05) is 0 Å². The molecule has 0 aliphatic rings. The molecule has 0 atom stereocenters. The number of aryl methyl sites for hydroxylation is 1. The first kappa shape index (κ1) is 16.1. The van der Waals surface area contributed by atoms with Crippen LogP contribution < -0.4 is 0 Å². The Hall–Kier alpha value is -1.98. The zero-order chi connectivity index (χ0) is 15.0. The molecule has 0 unspecified atom stereocenters. The van der Waals surface area contributed by atoms with Gasteiger partial charge in [0.15, 0.2) is 5.69 Å². The van der Waals surface area contributed by atoms with Gasteiger partial charge in [-0.25, -0.2) is 19.6 Å². The summed E-state index contributed by atoms with van der Waals surface area (Å²) in [7, 11) is 0. The highest BCUT2D eigenvalue weighted by molar-refractivity contribution is 6.01. The number of rotatable bonds is 7. The Labute approximate surface area is 118 Å². The lowest BCUT2D eigenvalue weighted by molar-refractivity contribution is 0.0472. The van der Waals surface area contributed by atoms with E-state index in [0.717, 1.165) is 12.8 Å². The van der Waals surface area contributed by atoms with Gasteiger partial charge in [0, 0.05) is 12.6 Å². The van der Waals surface area contributed by atoms with Gasteiger partial charge in [-0.15, -0.1) is 0 Å². The van der Waals surface area contributed by atoms with Crippen LogP contribution in [-0.4, -0.2) is 35.1 Å². The molecule has 0 radical (unpaired) electrons. The van der Waals surface area contributed by atoms with Gasteiger partial charge in [-0.2, -0.15) is 0 Å². The molecule has 0 fully saturated rings. The molecule has 1 aromatic rings. The number of carbonyl (C=O) groups excluding carboxylic acids is 2. The van der Waals surface area contributed by atoms with Crippen molar-refractivity contribution in [2.75, 3.05) is 13.2 Å². The first-order valence-corrected chi connectivity index (χ1v) is 6.84. The van der Waals surface area contributed by atoms with Crippen LogP contribution in [0.15, 0.2) is 6.20 Å². The third kappa shape index (κ3) is 4.29. The minimum atomic E-state index is -0.629. The number of aromatic nitrogens is 2.